The van der Waals surface area contributed by atoms with Crippen LogP contribution in [0.1, 0.15) is 19.8 Å². The van der Waals surface area contributed by atoms with Gasteiger partial charge in [-0.25, -0.2) is 0 Å². The van der Waals surface area contributed by atoms with Gasteiger partial charge >= 0.3 is 0 Å². The van der Waals surface area contributed by atoms with E-state index in [0.29, 0.717) is 19.1 Å². The number of guanidine groups is 1. The van der Waals surface area contributed by atoms with Crippen LogP contribution in [0.3, 0.4) is 0 Å². The lowest BCUT2D eigenvalue weighted by molar-refractivity contribution is 0.0698. The molecule has 1 fully saturated rings. The maximum atomic E-state index is 5.50. The predicted octanol–water partition coefficient (Wildman–Crippen LogP) is 2.75. The van der Waals surface area contributed by atoms with Crippen molar-refractivity contribution in [1.82, 2.24) is 10.6 Å². The molecule has 0 spiro atoms. The lowest BCUT2D eigenvalue weighted by Gasteiger charge is -2.21. The SMILES string of the molecule is CCNC(=NCC1CCN(c2ccccc2OC)C1)NCCCOCCOC.I. The van der Waals surface area contributed by atoms with E-state index in [-0.39, 0.29) is 24.0 Å². The van der Waals surface area contributed by atoms with E-state index in [4.69, 9.17) is 19.2 Å². The van der Waals surface area contributed by atoms with E-state index in [1.165, 1.54) is 5.69 Å². The molecular formula is C21H37IN4O3. The van der Waals surface area contributed by atoms with E-state index >= 15 is 0 Å². The zero-order valence-electron chi connectivity index (χ0n) is 18.0. The van der Waals surface area contributed by atoms with Gasteiger partial charge in [0.25, 0.3) is 0 Å². The number of nitrogens with zero attached hydrogens (tertiary/aromatic N) is 2. The highest BCUT2D eigenvalue weighted by molar-refractivity contribution is 14.0. The van der Waals surface area contributed by atoms with Gasteiger partial charge in [-0.2, -0.15) is 0 Å². The summed E-state index contributed by atoms with van der Waals surface area (Å²) in [6.07, 6.45) is 2.09. The van der Waals surface area contributed by atoms with E-state index in [1.54, 1.807) is 14.2 Å². The maximum absolute atomic E-state index is 5.50. The maximum Gasteiger partial charge on any atom is 0.191 e. The summed E-state index contributed by atoms with van der Waals surface area (Å²) >= 11 is 0. The van der Waals surface area contributed by atoms with Crippen molar-refractivity contribution in [3.63, 3.8) is 0 Å². The quantitative estimate of drug-likeness (QED) is 0.191. The fourth-order valence-corrected chi connectivity index (χ4v) is 3.28. The molecule has 8 heteroatoms. The zero-order chi connectivity index (χ0) is 20.0. The van der Waals surface area contributed by atoms with Gasteiger partial charge in [0.05, 0.1) is 26.0 Å². The van der Waals surface area contributed by atoms with Crippen LogP contribution in [-0.4, -0.2) is 72.7 Å². The Morgan fingerprint density at radius 2 is 2.00 bits per heavy atom. The first-order valence-electron chi connectivity index (χ1n) is 10.2. The Labute approximate surface area is 192 Å². The molecule has 1 aromatic rings. The second kappa shape index (κ2) is 15.6. The second-order valence-electron chi connectivity index (χ2n) is 6.88. The average Bonchev–Trinajstić information content (AvgIpc) is 3.20. The van der Waals surface area contributed by atoms with Crippen molar-refractivity contribution >= 4 is 35.6 Å². The van der Waals surface area contributed by atoms with Gasteiger partial charge in [-0.05, 0) is 37.8 Å². The first-order valence-corrected chi connectivity index (χ1v) is 10.2. The molecule has 1 aliphatic rings. The molecule has 1 saturated heterocycles. The van der Waals surface area contributed by atoms with Crippen LogP contribution in [-0.2, 0) is 9.47 Å². The van der Waals surface area contributed by atoms with Crippen LogP contribution in [0.15, 0.2) is 29.3 Å². The summed E-state index contributed by atoms with van der Waals surface area (Å²) in [7, 11) is 3.41. The van der Waals surface area contributed by atoms with Crippen molar-refractivity contribution in [3.8, 4) is 5.75 Å². The lowest BCUT2D eigenvalue weighted by atomic mass is 10.1. The van der Waals surface area contributed by atoms with Gasteiger partial charge in [-0.3, -0.25) is 4.99 Å². The average molecular weight is 520 g/mol. The molecule has 1 heterocycles. The number of hydrogen-bond donors (Lipinski definition) is 2. The van der Waals surface area contributed by atoms with Gasteiger partial charge in [-0.15, -0.1) is 24.0 Å². The number of para-hydroxylation sites is 2. The highest BCUT2D eigenvalue weighted by atomic mass is 127. The van der Waals surface area contributed by atoms with Gasteiger partial charge in [0.15, 0.2) is 5.96 Å². The molecule has 1 aromatic carbocycles. The molecule has 2 N–H and O–H groups in total. The third-order valence-corrected chi connectivity index (χ3v) is 4.75. The monoisotopic (exact) mass is 520 g/mol. The Kier molecular flexibility index (Phi) is 13.8. The molecule has 0 radical (unpaired) electrons. The van der Waals surface area contributed by atoms with Crippen molar-refractivity contribution < 1.29 is 14.2 Å². The minimum atomic E-state index is 0. The van der Waals surface area contributed by atoms with Crippen LogP contribution in [0.5, 0.6) is 5.75 Å². The van der Waals surface area contributed by atoms with Crippen LogP contribution in [0.2, 0.25) is 0 Å². The predicted molar refractivity (Wildman–Crippen MR) is 130 cm³/mol. The van der Waals surface area contributed by atoms with Gasteiger partial charge in [0.1, 0.15) is 5.75 Å². The van der Waals surface area contributed by atoms with E-state index in [9.17, 15) is 0 Å². The first-order chi connectivity index (χ1) is 13.8. The molecule has 0 amide bonds. The third kappa shape index (κ3) is 9.39. The normalized spacial score (nSPS) is 16.4. The molecule has 166 valence electrons. The molecule has 0 saturated carbocycles. The lowest BCUT2D eigenvalue weighted by Crippen LogP contribution is -2.38. The number of methoxy groups -OCH3 is 2. The minimum absolute atomic E-state index is 0. The van der Waals surface area contributed by atoms with E-state index in [1.807, 2.05) is 12.1 Å². The molecule has 2 rings (SSSR count). The number of nitrogens with one attached hydrogen (secondary N) is 2. The summed E-state index contributed by atoms with van der Waals surface area (Å²) in [5, 5.41) is 6.71. The van der Waals surface area contributed by atoms with Crippen LogP contribution in [0.4, 0.5) is 5.69 Å². The third-order valence-electron chi connectivity index (χ3n) is 4.75. The molecule has 1 aliphatic heterocycles. The first kappa shape index (κ1) is 25.8. The van der Waals surface area contributed by atoms with Crippen molar-refractivity contribution in [3.05, 3.63) is 24.3 Å². The molecule has 0 aromatic heterocycles. The zero-order valence-corrected chi connectivity index (χ0v) is 20.3. The fourth-order valence-electron chi connectivity index (χ4n) is 3.28. The number of ether oxygens (including phenoxy) is 3. The van der Waals surface area contributed by atoms with Crippen LogP contribution < -0.4 is 20.3 Å². The van der Waals surface area contributed by atoms with E-state index in [0.717, 1.165) is 63.9 Å². The summed E-state index contributed by atoms with van der Waals surface area (Å²) in [4.78, 5) is 7.19. The molecule has 0 bridgehead atoms. The van der Waals surface area contributed by atoms with Gasteiger partial charge in [0.2, 0.25) is 0 Å². The number of hydrogen-bond acceptors (Lipinski definition) is 5. The van der Waals surface area contributed by atoms with Crippen molar-refractivity contribution in [2.24, 2.45) is 10.9 Å². The number of aliphatic imine (C=N–C) groups is 1. The Morgan fingerprint density at radius 3 is 2.76 bits per heavy atom. The molecule has 1 unspecified atom stereocenters. The van der Waals surface area contributed by atoms with Crippen molar-refractivity contribution in [2.45, 2.75) is 19.8 Å². The van der Waals surface area contributed by atoms with Gasteiger partial charge in [0, 0.05) is 46.4 Å². The van der Waals surface area contributed by atoms with Crippen LogP contribution in [0.25, 0.3) is 0 Å². The number of benzene rings is 1. The van der Waals surface area contributed by atoms with Crippen LogP contribution in [0, 0.1) is 5.92 Å². The number of rotatable bonds is 12. The second-order valence-corrected chi connectivity index (χ2v) is 6.88. The Balaban J connectivity index is 0.00000420. The van der Waals surface area contributed by atoms with Crippen molar-refractivity contribution in [2.75, 3.05) is 71.7 Å². The van der Waals surface area contributed by atoms with Crippen LogP contribution >= 0.6 is 24.0 Å². The molecular weight excluding hydrogens is 483 g/mol. The highest BCUT2D eigenvalue weighted by Crippen LogP contribution is 2.31. The Morgan fingerprint density at radius 1 is 1.17 bits per heavy atom. The Hall–Kier alpha value is -1.26. The van der Waals surface area contributed by atoms with E-state index < -0.39 is 0 Å². The largest absolute Gasteiger partial charge is 0.495 e. The van der Waals surface area contributed by atoms with Gasteiger partial charge in [-0.1, -0.05) is 12.1 Å². The summed E-state index contributed by atoms with van der Waals surface area (Å²) < 4.78 is 16.0. The fraction of sp³-hybridized carbons (Fsp3) is 0.667. The summed E-state index contributed by atoms with van der Waals surface area (Å²) in [5.74, 6) is 2.38. The topological polar surface area (TPSA) is 67.4 Å². The number of halogens is 1. The molecule has 7 nitrogen and oxygen atoms in total. The molecule has 1 atom stereocenters. The van der Waals surface area contributed by atoms with Crippen molar-refractivity contribution in [1.29, 1.82) is 0 Å². The van der Waals surface area contributed by atoms with Gasteiger partial charge < -0.3 is 29.7 Å². The summed E-state index contributed by atoms with van der Waals surface area (Å²) in [6.45, 7) is 8.69. The summed E-state index contributed by atoms with van der Waals surface area (Å²) in [5.41, 5.74) is 1.18. The number of anilines is 1. The summed E-state index contributed by atoms with van der Waals surface area (Å²) in [6, 6.07) is 8.23. The Bertz CT molecular complexity index is 589. The smallest absolute Gasteiger partial charge is 0.191 e. The van der Waals surface area contributed by atoms with E-state index in [2.05, 4.69) is 34.6 Å². The molecule has 29 heavy (non-hydrogen) atoms. The highest BCUT2D eigenvalue weighted by Gasteiger charge is 2.24. The minimum Gasteiger partial charge on any atom is -0.495 e. The molecule has 0 aliphatic carbocycles. The standard InChI is InChI=1S/C21H36N4O3.HI/c1-4-22-21(23-11-7-13-28-15-14-26-2)24-16-18-10-12-25(17-18)19-8-5-6-9-20(19)27-3;/h5-6,8-9,18H,4,7,10-17H2,1-3H3,(H2,22,23,24);1H.